The Kier molecular flexibility index (Phi) is 6.24. The molecule has 9 heteroatoms. The molecule has 1 aliphatic heterocycles. The summed E-state index contributed by atoms with van der Waals surface area (Å²) in [4.78, 5) is 20.7. The van der Waals surface area contributed by atoms with Gasteiger partial charge < -0.3 is 14.9 Å². The molecule has 0 saturated carbocycles. The van der Waals surface area contributed by atoms with Crippen LogP contribution in [0, 0.1) is 0 Å². The fourth-order valence-electron chi connectivity index (χ4n) is 3.23. The molecule has 146 valence electrons. The summed E-state index contributed by atoms with van der Waals surface area (Å²) in [5.41, 5.74) is 0.550. The number of nitrogens with one attached hydrogen (secondary N) is 1. The number of carbonyl (C=O) groups is 1. The number of hydrogen-bond acceptors (Lipinski definition) is 5. The fourth-order valence-corrected chi connectivity index (χ4v) is 3.77. The van der Waals surface area contributed by atoms with E-state index in [-0.39, 0.29) is 18.2 Å². The number of rotatable bonds is 5. The van der Waals surface area contributed by atoms with Crippen LogP contribution in [-0.2, 0) is 4.79 Å². The Morgan fingerprint density at radius 1 is 1.30 bits per heavy atom. The predicted molar refractivity (Wildman–Crippen MR) is 105 cm³/mol. The second kappa shape index (κ2) is 8.46. The highest BCUT2D eigenvalue weighted by molar-refractivity contribution is 6.34. The first kappa shape index (κ1) is 19.9. The lowest BCUT2D eigenvalue weighted by atomic mass is 9.95. The van der Waals surface area contributed by atoms with Gasteiger partial charge in [0.2, 0.25) is 11.9 Å². The molecule has 1 amide bonds. The SMILES string of the molecule is CN(C)c1n[nH]c(C2CCN(C(=O)CC(O)c3cc(Cl)cc(Cl)c3)CC2)n1. The van der Waals surface area contributed by atoms with Gasteiger partial charge in [-0.05, 0) is 36.6 Å². The first-order chi connectivity index (χ1) is 12.8. The van der Waals surface area contributed by atoms with Gasteiger partial charge in [0.05, 0.1) is 12.5 Å². The number of aromatic amines is 1. The minimum Gasteiger partial charge on any atom is -0.388 e. The number of nitrogens with zero attached hydrogens (tertiary/aromatic N) is 4. The van der Waals surface area contributed by atoms with Crippen molar-refractivity contribution in [3.05, 3.63) is 39.6 Å². The lowest BCUT2D eigenvalue weighted by molar-refractivity contribution is -0.134. The van der Waals surface area contributed by atoms with Crippen LogP contribution in [0.15, 0.2) is 18.2 Å². The van der Waals surface area contributed by atoms with Crippen LogP contribution in [-0.4, -0.2) is 58.3 Å². The van der Waals surface area contributed by atoms with E-state index >= 15 is 0 Å². The summed E-state index contributed by atoms with van der Waals surface area (Å²) in [5, 5.41) is 18.4. The minimum atomic E-state index is -0.927. The van der Waals surface area contributed by atoms with Crippen LogP contribution in [0.5, 0.6) is 0 Å². The molecular weight excluding hydrogens is 389 g/mol. The molecule has 27 heavy (non-hydrogen) atoms. The molecule has 0 spiro atoms. The highest BCUT2D eigenvalue weighted by atomic mass is 35.5. The Morgan fingerprint density at radius 2 is 1.93 bits per heavy atom. The van der Waals surface area contributed by atoms with Crippen molar-refractivity contribution in [2.75, 3.05) is 32.1 Å². The number of piperidine rings is 1. The number of aromatic nitrogens is 3. The summed E-state index contributed by atoms with van der Waals surface area (Å²) < 4.78 is 0. The van der Waals surface area contributed by atoms with E-state index in [0.29, 0.717) is 34.6 Å². The van der Waals surface area contributed by atoms with Gasteiger partial charge in [0.1, 0.15) is 5.82 Å². The molecule has 0 bridgehead atoms. The molecule has 3 rings (SSSR count). The molecule has 1 aliphatic rings. The molecule has 0 aliphatic carbocycles. The molecule has 7 nitrogen and oxygen atoms in total. The summed E-state index contributed by atoms with van der Waals surface area (Å²) >= 11 is 11.9. The van der Waals surface area contributed by atoms with E-state index in [4.69, 9.17) is 23.2 Å². The Balaban J connectivity index is 1.54. The lowest BCUT2D eigenvalue weighted by Gasteiger charge is -2.31. The van der Waals surface area contributed by atoms with Crippen LogP contribution in [0.3, 0.4) is 0 Å². The summed E-state index contributed by atoms with van der Waals surface area (Å²) in [6.07, 6.45) is 0.706. The van der Waals surface area contributed by atoms with Gasteiger partial charge in [-0.1, -0.05) is 23.2 Å². The van der Waals surface area contributed by atoms with Crippen LogP contribution in [0.1, 0.15) is 42.7 Å². The number of hydrogen-bond donors (Lipinski definition) is 2. The molecule has 1 fully saturated rings. The molecule has 2 aromatic rings. The molecule has 1 unspecified atom stereocenters. The average Bonchev–Trinajstić information content (AvgIpc) is 3.11. The maximum atomic E-state index is 12.5. The number of anilines is 1. The predicted octanol–water partition coefficient (Wildman–Crippen LogP) is 3.01. The zero-order valence-corrected chi connectivity index (χ0v) is 16.8. The maximum Gasteiger partial charge on any atom is 0.244 e. The quantitative estimate of drug-likeness (QED) is 0.789. The van der Waals surface area contributed by atoms with Gasteiger partial charge >= 0.3 is 0 Å². The van der Waals surface area contributed by atoms with Crippen molar-refractivity contribution in [2.24, 2.45) is 0 Å². The normalized spacial score (nSPS) is 16.4. The highest BCUT2D eigenvalue weighted by Gasteiger charge is 2.27. The van der Waals surface area contributed by atoms with Crippen LogP contribution < -0.4 is 4.90 Å². The Labute approximate surface area is 168 Å². The number of carbonyl (C=O) groups excluding carboxylic acids is 1. The third-order valence-electron chi connectivity index (χ3n) is 4.76. The number of likely N-dealkylation sites (tertiary alicyclic amines) is 1. The smallest absolute Gasteiger partial charge is 0.244 e. The van der Waals surface area contributed by atoms with Gasteiger partial charge in [-0.2, -0.15) is 4.98 Å². The topological polar surface area (TPSA) is 85.4 Å². The Hall–Kier alpha value is -1.83. The monoisotopic (exact) mass is 411 g/mol. The molecular formula is C18H23Cl2N5O2. The van der Waals surface area contributed by atoms with Gasteiger partial charge in [0, 0.05) is 43.1 Å². The summed E-state index contributed by atoms with van der Waals surface area (Å²) in [6, 6.07) is 4.85. The fraction of sp³-hybridized carbons (Fsp3) is 0.500. The molecule has 2 N–H and O–H groups in total. The Morgan fingerprint density at radius 3 is 2.48 bits per heavy atom. The van der Waals surface area contributed by atoms with Gasteiger partial charge in [0.25, 0.3) is 0 Å². The van der Waals surface area contributed by atoms with Gasteiger partial charge in [-0.3, -0.25) is 9.89 Å². The first-order valence-corrected chi connectivity index (χ1v) is 9.60. The van der Waals surface area contributed by atoms with E-state index < -0.39 is 6.10 Å². The van der Waals surface area contributed by atoms with Gasteiger partial charge in [-0.15, -0.1) is 5.10 Å². The van der Waals surface area contributed by atoms with Crippen LogP contribution in [0.25, 0.3) is 0 Å². The van der Waals surface area contributed by atoms with Gasteiger partial charge in [0.15, 0.2) is 0 Å². The van der Waals surface area contributed by atoms with Crippen molar-refractivity contribution in [1.82, 2.24) is 20.1 Å². The number of aliphatic hydroxyl groups excluding tert-OH is 1. The van der Waals surface area contributed by atoms with Crippen LogP contribution in [0.4, 0.5) is 5.95 Å². The van der Waals surface area contributed by atoms with Crippen molar-refractivity contribution in [3.8, 4) is 0 Å². The molecule has 1 aromatic heterocycles. The molecule has 2 heterocycles. The summed E-state index contributed by atoms with van der Waals surface area (Å²) in [5.74, 6) is 1.70. The lowest BCUT2D eigenvalue weighted by Crippen LogP contribution is -2.38. The van der Waals surface area contributed by atoms with E-state index in [2.05, 4.69) is 15.2 Å². The number of benzene rings is 1. The third-order valence-corrected chi connectivity index (χ3v) is 5.20. The number of aliphatic hydroxyl groups is 1. The summed E-state index contributed by atoms with van der Waals surface area (Å²) in [7, 11) is 3.79. The number of H-pyrrole nitrogens is 1. The van der Waals surface area contributed by atoms with E-state index in [1.54, 1.807) is 23.1 Å². The highest BCUT2D eigenvalue weighted by Crippen LogP contribution is 2.29. The van der Waals surface area contributed by atoms with E-state index in [9.17, 15) is 9.90 Å². The molecule has 1 atom stereocenters. The minimum absolute atomic E-state index is 0.00836. The van der Waals surface area contributed by atoms with Crippen LogP contribution in [0.2, 0.25) is 10.0 Å². The van der Waals surface area contributed by atoms with Crippen molar-refractivity contribution >= 4 is 35.1 Å². The van der Waals surface area contributed by atoms with Crippen LogP contribution >= 0.6 is 23.2 Å². The van der Waals surface area contributed by atoms with E-state index in [1.807, 2.05) is 19.0 Å². The van der Waals surface area contributed by atoms with Crippen molar-refractivity contribution < 1.29 is 9.90 Å². The van der Waals surface area contributed by atoms with E-state index in [1.165, 1.54) is 0 Å². The third kappa shape index (κ3) is 4.91. The Bertz CT molecular complexity index is 783. The second-order valence-corrected chi connectivity index (χ2v) is 7.87. The molecule has 1 aromatic carbocycles. The summed E-state index contributed by atoms with van der Waals surface area (Å²) in [6.45, 7) is 1.26. The molecule has 1 saturated heterocycles. The number of halogens is 2. The van der Waals surface area contributed by atoms with E-state index in [0.717, 1.165) is 18.7 Å². The van der Waals surface area contributed by atoms with Crippen molar-refractivity contribution in [1.29, 1.82) is 0 Å². The van der Waals surface area contributed by atoms with Crippen molar-refractivity contribution in [3.63, 3.8) is 0 Å². The zero-order chi connectivity index (χ0) is 19.6. The molecule has 0 radical (unpaired) electrons. The zero-order valence-electron chi connectivity index (χ0n) is 15.3. The first-order valence-electron chi connectivity index (χ1n) is 8.85. The second-order valence-electron chi connectivity index (χ2n) is 6.99. The average molecular weight is 412 g/mol. The van der Waals surface area contributed by atoms with Gasteiger partial charge in [-0.25, -0.2) is 0 Å². The van der Waals surface area contributed by atoms with Crippen molar-refractivity contribution in [2.45, 2.75) is 31.3 Å². The maximum absolute atomic E-state index is 12.5. The largest absolute Gasteiger partial charge is 0.388 e. The standard InChI is InChI=1S/C18H23Cl2N5O2/c1-24(2)18-21-17(22-23-18)11-3-5-25(6-4-11)16(27)10-15(26)12-7-13(19)9-14(20)8-12/h7-9,11,15,26H,3-6,10H2,1-2H3,(H,21,22,23). The number of amides is 1.